The van der Waals surface area contributed by atoms with Gasteiger partial charge in [-0.3, -0.25) is 4.79 Å². The fourth-order valence-corrected chi connectivity index (χ4v) is 4.88. The number of benzene rings is 1. The monoisotopic (exact) mass is 402 g/mol. The largest absolute Gasteiger partial charge is 0.352 e. The van der Waals surface area contributed by atoms with E-state index in [-0.39, 0.29) is 11.9 Å². The Balaban J connectivity index is 2.08. The van der Waals surface area contributed by atoms with Gasteiger partial charge in [-0.05, 0) is 62.2 Å². The first-order chi connectivity index (χ1) is 12.3. The lowest BCUT2D eigenvalue weighted by molar-refractivity contribution is -0.123. The van der Waals surface area contributed by atoms with Gasteiger partial charge in [-0.25, -0.2) is 12.8 Å². The third-order valence-corrected chi connectivity index (χ3v) is 6.86. The van der Waals surface area contributed by atoms with Crippen LogP contribution in [0.2, 0.25) is 0 Å². The molecule has 1 atom stereocenters. The van der Waals surface area contributed by atoms with Gasteiger partial charge in [-0.15, -0.1) is 0 Å². The molecule has 1 saturated carbocycles. The van der Waals surface area contributed by atoms with E-state index < -0.39 is 26.8 Å². The molecule has 1 aliphatic carbocycles. The van der Waals surface area contributed by atoms with Crippen LogP contribution in [0.15, 0.2) is 29.2 Å². The van der Waals surface area contributed by atoms with Crippen molar-refractivity contribution in [3.63, 3.8) is 0 Å². The lowest BCUT2D eigenvalue weighted by Gasteiger charge is -2.28. The summed E-state index contributed by atoms with van der Waals surface area (Å²) in [6.07, 6.45) is 6.17. The summed E-state index contributed by atoms with van der Waals surface area (Å²) in [6.45, 7) is 2.20. The van der Waals surface area contributed by atoms with Gasteiger partial charge in [0, 0.05) is 6.04 Å². The predicted octanol–water partition coefficient (Wildman–Crippen LogP) is 2.92. The number of thioether (sulfide) groups is 1. The van der Waals surface area contributed by atoms with Crippen LogP contribution in [0.3, 0.4) is 0 Å². The van der Waals surface area contributed by atoms with E-state index in [0.717, 1.165) is 31.7 Å². The zero-order valence-electron chi connectivity index (χ0n) is 15.2. The molecule has 2 rings (SSSR count). The van der Waals surface area contributed by atoms with Crippen LogP contribution >= 0.6 is 11.8 Å². The molecule has 0 bridgehead atoms. The number of amides is 1. The van der Waals surface area contributed by atoms with Gasteiger partial charge >= 0.3 is 0 Å². The van der Waals surface area contributed by atoms with Crippen LogP contribution in [0.25, 0.3) is 0 Å². The van der Waals surface area contributed by atoms with E-state index in [9.17, 15) is 17.6 Å². The van der Waals surface area contributed by atoms with Gasteiger partial charge in [0.25, 0.3) is 0 Å². The van der Waals surface area contributed by atoms with Gasteiger partial charge in [-0.1, -0.05) is 19.1 Å². The average Bonchev–Trinajstić information content (AvgIpc) is 2.60. The molecule has 1 aliphatic rings. The van der Waals surface area contributed by atoms with Crippen molar-refractivity contribution in [1.82, 2.24) is 10.0 Å². The summed E-state index contributed by atoms with van der Waals surface area (Å²) in [5.41, 5.74) is 0. The molecule has 0 aliphatic heterocycles. The zero-order valence-corrected chi connectivity index (χ0v) is 16.8. The van der Waals surface area contributed by atoms with Gasteiger partial charge in [0.15, 0.2) is 0 Å². The first-order valence-corrected chi connectivity index (χ1v) is 11.8. The summed E-state index contributed by atoms with van der Waals surface area (Å²) in [7, 11) is -4.11. The predicted molar refractivity (Wildman–Crippen MR) is 103 cm³/mol. The molecular formula is C18H27FN2O3S2. The summed E-state index contributed by atoms with van der Waals surface area (Å²) in [5, 5.41) is 2.97. The fourth-order valence-electron chi connectivity index (χ4n) is 3.10. The molecule has 8 heteroatoms. The maximum absolute atomic E-state index is 13.9. The van der Waals surface area contributed by atoms with E-state index in [1.54, 1.807) is 0 Å². The standard InChI is InChI=1S/C18H27FN2O3S2/c1-13-7-9-14(10-8-13)20-18(22)16(11-12-25-2)21-26(23,24)17-6-4-3-5-15(17)19/h3-6,13-14,16,21H,7-12H2,1-2H3,(H,20,22). The maximum atomic E-state index is 13.9. The second-order valence-electron chi connectivity index (χ2n) is 6.85. The zero-order chi connectivity index (χ0) is 19.2. The highest BCUT2D eigenvalue weighted by Crippen LogP contribution is 2.23. The molecule has 2 N–H and O–H groups in total. The molecule has 0 radical (unpaired) electrons. The number of carbonyl (C=O) groups excluding carboxylic acids is 1. The van der Waals surface area contributed by atoms with Crippen molar-refractivity contribution in [2.24, 2.45) is 5.92 Å². The van der Waals surface area contributed by atoms with Crippen molar-refractivity contribution in [2.75, 3.05) is 12.0 Å². The highest BCUT2D eigenvalue weighted by Gasteiger charge is 2.29. The van der Waals surface area contributed by atoms with Gasteiger partial charge in [0.1, 0.15) is 16.8 Å². The van der Waals surface area contributed by atoms with Crippen molar-refractivity contribution in [3.05, 3.63) is 30.1 Å². The highest BCUT2D eigenvalue weighted by molar-refractivity contribution is 7.98. The SMILES string of the molecule is CSCCC(NS(=O)(=O)c1ccccc1F)C(=O)NC1CCC(C)CC1. The molecular weight excluding hydrogens is 375 g/mol. The number of carbonyl (C=O) groups is 1. The molecule has 1 aromatic rings. The second-order valence-corrected chi connectivity index (χ2v) is 9.52. The Morgan fingerprint density at radius 2 is 1.92 bits per heavy atom. The quantitative estimate of drug-likeness (QED) is 0.701. The lowest BCUT2D eigenvalue weighted by Crippen LogP contribution is -2.50. The van der Waals surface area contributed by atoms with Crippen LogP contribution < -0.4 is 10.0 Å². The molecule has 146 valence electrons. The van der Waals surface area contributed by atoms with E-state index >= 15 is 0 Å². The molecule has 0 saturated heterocycles. The van der Waals surface area contributed by atoms with Crippen molar-refractivity contribution in [2.45, 2.75) is 56.0 Å². The first-order valence-electron chi connectivity index (χ1n) is 8.89. The van der Waals surface area contributed by atoms with Crippen LogP contribution in [-0.4, -0.2) is 38.4 Å². The Labute approximate surface area is 159 Å². The van der Waals surface area contributed by atoms with Crippen LogP contribution in [0.1, 0.15) is 39.0 Å². The molecule has 0 spiro atoms. The summed E-state index contributed by atoms with van der Waals surface area (Å²) >= 11 is 1.53. The summed E-state index contributed by atoms with van der Waals surface area (Å²) in [4.78, 5) is 12.2. The van der Waals surface area contributed by atoms with E-state index in [1.165, 1.54) is 30.0 Å². The number of halogens is 1. The van der Waals surface area contributed by atoms with E-state index in [0.29, 0.717) is 18.1 Å². The minimum absolute atomic E-state index is 0.0773. The molecule has 1 unspecified atom stereocenters. The first kappa shape index (κ1) is 21.2. The fraction of sp³-hybridized carbons (Fsp3) is 0.611. The third kappa shape index (κ3) is 5.96. The molecule has 5 nitrogen and oxygen atoms in total. The molecule has 1 fully saturated rings. The Morgan fingerprint density at radius 1 is 1.27 bits per heavy atom. The van der Waals surface area contributed by atoms with Crippen molar-refractivity contribution >= 4 is 27.7 Å². The Morgan fingerprint density at radius 3 is 2.54 bits per heavy atom. The van der Waals surface area contributed by atoms with E-state index in [4.69, 9.17) is 0 Å². The smallest absolute Gasteiger partial charge is 0.244 e. The van der Waals surface area contributed by atoms with Gasteiger partial charge < -0.3 is 5.32 Å². The van der Waals surface area contributed by atoms with E-state index in [1.807, 2.05) is 6.26 Å². The summed E-state index contributed by atoms with van der Waals surface area (Å²) in [6, 6.07) is 4.34. The van der Waals surface area contributed by atoms with Crippen molar-refractivity contribution in [3.8, 4) is 0 Å². The minimum atomic E-state index is -4.11. The lowest BCUT2D eigenvalue weighted by atomic mass is 9.87. The molecule has 0 heterocycles. The molecule has 1 aromatic carbocycles. The van der Waals surface area contributed by atoms with Crippen LogP contribution in [0, 0.1) is 11.7 Å². The van der Waals surface area contributed by atoms with Crippen molar-refractivity contribution in [1.29, 1.82) is 0 Å². The van der Waals surface area contributed by atoms with Gasteiger partial charge in [-0.2, -0.15) is 16.5 Å². The van der Waals surface area contributed by atoms with Crippen LogP contribution in [0.5, 0.6) is 0 Å². The molecule has 26 heavy (non-hydrogen) atoms. The van der Waals surface area contributed by atoms with Gasteiger partial charge in [0.2, 0.25) is 15.9 Å². The van der Waals surface area contributed by atoms with Gasteiger partial charge in [0.05, 0.1) is 0 Å². The van der Waals surface area contributed by atoms with Crippen LogP contribution in [-0.2, 0) is 14.8 Å². The Bertz CT molecular complexity index is 704. The number of hydrogen-bond acceptors (Lipinski definition) is 4. The Kier molecular flexibility index (Phi) is 7.91. The topological polar surface area (TPSA) is 75.3 Å². The third-order valence-electron chi connectivity index (χ3n) is 4.71. The highest BCUT2D eigenvalue weighted by atomic mass is 32.2. The second kappa shape index (κ2) is 9.71. The molecule has 1 amide bonds. The molecule has 0 aromatic heterocycles. The van der Waals surface area contributed by atoms with E-state index in [2.05, 4.69) is 17.0 Å². The normalized spacial score (nSPS) is 22.0. The Hall–Kier alpha value is -1.12. The number of nitrogens with one attached hydrogen (secondary N) is 2. The summed E-state index contributed by atoms with van der Waals surface area (Å²) < 4.78 is 41.3. The van der Waals surface area contributed by atoms with Crippen LogP contribution in [0.4, 0.5) is 4.39 Å². The number of sulfonamides is 1. The number of rotatable bonds is 8. The minimum Gasteiger partial charge on any atom is -0.352 e. The maximum Gasteiger partial charge on any atom is 0.244 e. The summed E-state index contributed by atoms with van der Waals surface area (Å²) in [5.74, 6) is 0.123. The average molecular weight is 403 g/mol. The number of hydrogen-bond donors (Lipinski definition) is 2. The van der Waals surface area contributed by atoms with Crippen molar-refractivity contribution < 1.29 is 17.6 Å².